The Kier molecular flexibility index (Phi) is 4.46. The lowest BCUT2D eigenvalue weighted by molar-refractivity contribution is -0.150. The predicted octanol–water partition coefficient (Wildman–Crippen LogP) is 2.42. The third-order valence-corrected chi connectivity index (χ3v) is 2.13. The Balaban J connectivity index is 2.39. The first kappa shape index (κ1) is 12.7. The number of esters is 1. The fraction of sp³-hybridized carbons (Fsp3) is 0.727. The standard InChI is InChI=1S/C11H18N2O3/c1-7(2)5-6-10(14)15-8(3)11-12-9(4)13-16-11/h7-8H,5-6H2,1-4H3. The minimum absolute atomic E-state index is 0.225. The zero-order valence-electron chi connectivity index (χ0n) is 10.2. The smallest absolute Gasteiger partial charge is 0.306 e. The van der Waals surface area contributed by atoms with Gasteiger partial charge in [0.2, 0.25) is 0 Å². The monoisotopic (exact) mass is 226 g/mol. The number of ether oxygens (including phenoxy) is 1. The van der Waals surface area contributed by atoms with Crippen LogP contribution in [0.1, 0.15) is 51.4 Å². The molecule has 1 unspecified atom stereocenters. The van der Waals surface area contributed by atoms with Crippen molar-refractivity contribution in [3.63, 3.8) is 0 Å². The quantitative estimate of drug-likeness (QED) is 0.721. The predicted molar refractivity (Wildman–Crippen MR) is 57.6 cm³/mol. The Morgan fingerprint density at radius 3 is 2.62 bits per heavy atom. The van der Waals surface area contributed by atoms with E-state index in [9.17, 15) is 4.79 Å². The van der Waals surface area contributed by atoms with Crippen LogP contribution in [0.5, 0.6) is 0 Å². The van der Waals surface area contributed by atoms with Gasteiger partial charge in [-0.3, -0.25) is 4.79 Å². The van der Waals surface area contributed by atoms with E-state index in [1.807, 2.05) is 0 Å². The summed E-state index contributed by atoms with van der Waals surface area (Å²) in [4.78, 5) is 15.4. The third-order valence-electron chi connectivity index (χ3n) is 2.13. The summed E-state index contributed by atoms with van der Waals surface area (Å²) in [7, 11) is 0. The van der Waals surface area contributed by atoms with E-state index in [2.05, 4.69) is 24.0 Å². The first-order valence-electron chi connectivity index (χ1n) is 5.48. The van der Waals surface area contributed by atoms with Crippen LogP contribution in [0.15, 0.2) is 4.52 Å². The molecule has 90 valence electrons. The van der Waals surface area contributed by atoms with E-state index in [1.54, 1.807) is 13.8 Å². The Morgan fingerprint density at radius 2 is 2.12 bits per heavy atom. The summed E-state index contributed by atoms with van der Waals surface area (Å²) >= 11 is 0. The van der Waals surface area contributed by atoms with E-state index in [0.29, 0.717) is 24.1 Å². The Labute approximate surface area is 95.2 Å². The van der Waals surface area contributed by atoms with Crippen molar-refractivity contribution in [3.05, 3.63) is 11.7 Å². The van der Waals surface area contributed by atoms with Crippen LogP contribution >= 0.6 is 0 Å². The molecule has 0 aromatic carbocycles. The summed E-state index contributed by atoms with van der Waals surface area (Å²) in [6.07, 6.45) is 0.782. The highest BCUT2D eigenvalue weighted by Gasteiger charge is 2.17. The molecule has 0 aliphatic rings. The average molecular weight is 226 g/mol. The summed E-state index contributed by atoms with van der Waals surface area (Å²) in [6, 6.07) is 0. The van der Waals surface area contributed by atoms with Crippen molar-refractivity contribution in [1.29, 1.82) is 0 Å². The van der Waals surface area contributed by atoms with Crippen LogP contribution in [-0.4, -0.2) is 16.1 Å². The highest BCUT2D eigenvalue weighted by Crippen LogP contribution is 2.16. The molecule has 0 N–H and O–H groups in total. The lowest BCUT2D eigenvalue weighted by atomic mass is 10.1. The maximum absolute atomic E-state index is 11.4. The van der Waals surface area contributed by atoms with Crippen LogP contribution in [0, 0.1) is 12.8 Å². The van der Waals surface area contributed by atoms with Gasteiger partial charge in [0.05, 0.1) is 0 Å². The minimum Gasteiger partial charge on any atom is -0.453 e. The molecule has 0 aliphatic heterocycles. The summed E-state index contributed by atoms with van der Waals surface area (Å²) in [6.45, 7) is 7.58. The molecule has 0 spiro atoms. The highest BCUT2D eigenvalue weighted by molar-refractivity contribution is 5.69. The van der Waals surface area contributed by atoms with Crippen molar-refractivity contribution in [2.75, 3.05) is 0 Å². The van der Waals surface area contributed by atoms with Crippen molar-refractivity contribution >= 4 is 5.97 Å². The Morgan fingerprint density at radius 1 is 1.44 bits per heavy atom. The molecule has 0 radical (unpaired) electrons. The van der Waals surface area contributed by atoms with Crippen LogP contribution in [0.2, 0.25) is 0 Å². The molecule has 0 saturated heterocycles. The van der Waals surface area contributed by atoms with Crippen molar-refractivity contribution in [1.82, 2.24) is 10.1 Å². The van der Waals surface area contributed by atoms with Gasteiger partial charge in [-0.25, -0.2) is 0 Å². The SMILES string of the molecule is Cc1noc(C(C)OC(=O)CCC(C)C)n1. The number of hydrogen-bond acceptors (Lipinski definition) is 5. The second-order valence-corrected chi connectivity index (χ2v) is 4.24. The van der Waals surface area contributed by atoms with Crippen LogP contribution in [0.3, 0.4) is 0 Å². The van der Waals surface area contributed by atoms with E-state index < -0.39 is 6.10 Å². The number of hydrogen-bond donors (Lipinski definition) is 0. The first-order chi connectivity index (χ1) is 7.49. The molecular weight excluding hydrogens is 208 g/mol. The second-order valence-electron chi connectivity index (χ2n) is 4.24. The zero-order valence-corrected chi connectivity index (χ0v) is 10.2. The first-order valence-corrected chi connectivity index (χ1v) is 5.48. The average Bonchev–Trinajstić information content (AvgIpc) is 2.62. The summed E-state index contributed by atoms with van der Waals surface area (Å²) in [5.74, 6) is 1.15. The van der Waals surface area contributed by atoms with Gasteiger partial charge >= 0.3 is 5.97 Å². The number of carbonyl (C=O) groups is 1. The van der Waals surface area contributed by atoms with E-state index in [0.717, 1.165) is 6.42 Å². The number of carbonyl (C=O) groups excluding carboxylic acids is 1. The number of nitrogens with zero attached hydrogens (tertiary/aromatic N) is 2. The summed E-state index contributed by atoms with van der Waals surface area (Å²) < 4.78 is 10.1. The van der Waals surface area contributed by atoms with Gasteiger partial charge in [-0.15, -0.1) is 0 Å². The fourth-order valence-corrected chi connectivity index (χ4v) is 1.19. The number of rotatable bonds is 5. The molecule has 0 saturated carbocycles. The zero-order chi connectivity index (χ0) is 12.1. The molecule has 0 aliphatic carbocycles. The Hall–Kier alpha value is -1.39. The van der Waals surface area contributed by atoms with Crippen LogP contribution < -0.4 is 0 Å². The molecule has 0 fully saturated rings. The molecule has 1 heterocycles. The molecule has 16 heavy (non-hydrogen) atoms. The van der Waals surface area contributed by atoms with Gasteiger partial charge in [-0.2, -0.15) is 4.98 Å². The molecule has 0 bridgehead atoms. The highest BCUT2D eigenvalue weighted by atomic mass is 16.6. The van der Waals surface area contributed by atoms with Crippen LogP contribution in [0.25, 0.3) is 0 Å². The maximum atomic E-state index is 11.4. The Bertz CT molecular complexity index is 347. The number of aromatic nitrogens is 2. The minimum atomic E-state index is -0.471. The van der Waals surface area contributed by atoms with Crippen LogP contribution in [-0.2, 0) is 9.53 Å². The normalized spacial score (nSPS) is 12.8. The van der Waals surface area contributed by atoms with E-state index in [-0.39, 0.29) is 5.97 Å². The van der Waals surface area contributed by atoms with Gasteiger partial charge in [0.1, 0.15) is 0 Å². The maximum Gasteiger partial charge on any atom is 0.306 e. The lowest BCUT2D eigenvalue weighted by Crippen LogP contribution is -2.09. The van der Waals surface area contributed by atoms with Gasteiger partial charge in [-0.1, -0.05) is 19.0 Å². The molecule has 1 rings (SSSR count). The molecule has 5 heteroatoms. The summed E-state index contributed by atoms with van der Waals surface area (Å²) in [5, 5.41) is 3.64. The van der Waals surface area contributed by atoms with Crippen molar-refractivity contribution < 1.29 is 14.1 Å². The molecule has 0 amide bonds. The van der Waals surface area contributed by atoms with Gasteiger partial charge in [0.25, 0.3) is 5.89 Å². The van der Waals surface area contributed by atoms with E-state index in [1.165, 1.54) is 0 Å². The van der Waals surface area contributed by atoms with E-state index >= 15 is 0 Å². The van der Waals surface area contributed by atoms with Crippen molar-refractivity contribution in [3.8, 4) is 0 Å². The summed E-state index contributed by atoms with van der Waals surface area (Å²) in [5.41, 5.74) is 0. The van der Waals surface area contributed by atoms with Gasteiger partial charge in [-0.05, 0) is 26.2 Å². The second kappa shape index (κ2) is 5.63. The molecular formula is C11H18N2O3. The fourth-order valence-electron chi connectivity index (χ4n) is 1.19. The molecule has 1 aromatic rings. The molecule has 5 nitrogen and oxygen atoms in total. The third kappa shape index (κ3) is 4.00. The van der Waals surface area contributed by atoms with Gasteiger partial charge in [0.15, 0.2) is 11.9 Å². The molecule has 1 aromatic heterocycles. The van der Waals surface area contributed by atoms with Crippen LogP contribution in [0.4, 0.5) is 0 Å². The van der Waals surface area contributed by atoms with Crippen molar-refractivity contribution in [2.45, 2.75) is 46.6 Å². The van der Waals surface area contributed by atoms with Gasteiger partial charge < -0.3 is 9.26 Å². The largest absolute Gasteiger partial charge is 0.453 e. The molecule has 1 atom stereocenters. The van der Waals surface area contributed by atoms with Gasteiger partial charge in [0, 0.05) is 6.42 Å². The van der Waals surface area contributed by atoms with Crippen molar-refractivity contribution in [2.24, 2.45) is 5.92 Å². The van der Waals surface area contributed by atoms with E-state index in [4.69, 9.17) is 9.26 Å². The number of aryl methyl sites for hydroxylation is 1. The lowest BCUT2D eigenvalue weighted by Gasteiger charge is -2.09. The topological polar surface area (TPSA) is 65.2 Å².